The molecule has 0 aliphatic heterocycles. The van der Waals surface area contributed by atoms with Gasteiger partial charge in [0.05, 0.1) is 11.1 Å². The molecule has 6 heteroatoms. The maximum atomic E-state index is 12.5. The van der Waals surface area contributed by atoms with Gasteiger partial charge >= 0.3 is 6.18 Å². The monoisotopic (exact) mass is 323 g/mol. The van der Waals surface area contributed by atoms with E-state index in [0.717, 1.165) is 12.1 Å². The Morgan fingerprint density at radius 2 is 2.06 bits per heavy atom. The highest BCUT2D eigenvalue weighted by atomic mass is 79.9. The molecule has 0 spiro atoms. The molecule has 18 heavy (non-hydrogen) atoms. The summed E-state index contributed by atoms with van der Waals surface area (Å²) < 4.78 is 38.0. The number of nitrogens with one attached hydrogen (secondary N) is 1. The highest BCUT2D eigenvalue weighted by molar-refractivity contribution is 9.10. The standard InChI is InChI=1S/C12H13BrF3NO/c1-3-7(2)17-11(18)9-6-8(12(14,15)16)4-5-10(9)13/h4-7H,3H2,1-2H3,(H,17,18). The number of hydrogen-bond donors (Lipinski definition) is 1. The van der Waals surface area contributed by atoms with Crippen molar-refractivity contribution in [2.75, 3.05) is 0 Å². The van der Waals surface area contributed by atoms with Gasteiger partial charge in [-0.05, 0) is 47.5 Å². The number of alkyl halides is 3. The van der Waals surface area contributed by atoms with Gasteiger partial charge in [-0.15, -0.1) is 0 Å². The van der Waals surface area contributed by atoms with Gasteiger partial charge < -0.3 is 5.32 Å². The summed E-state index contributed by atoms with van der Waals surface area (Å²) >= 11 is 3.08. The van der Waals surface area contributed by atoms with Crippen LogP contribution in [0.2, 0.25) is 0 Å². The molecule has 0 heterocycles. The molecule has 1 rings (SSSR count). The number of amides is 1. The Hall–Kier alpha value is -1.04. The molecule has 0 saturated heterocycles. The van der Waals surface area contributed by atoms with Crippen LogP contribution in [0.4, 0.5) is 13.2 Å². The lowest BCUT2D eigenvalue weighted by molar-refractivity contribution is -0.137. The van der Waals surface area contributed by atoms with Gasteiger partial charge in [-0.25, -0.2) is 0 Å². The quantitative estimate of drug-likeness (QED) is 0.895. The number of halogens is 4. The van der Waals surface area contributed by atoms with E-state index < -0.39 is 17.6 Å². The number of benzene rings is 1. The molecule has 1 amide bonds. The molecule has 2 nitrogen and oxygen atoms in total. The van der Waals surface area contributed by atoms with Gasteiger partial charge in [-0.3, -0.25) is 4.79 Å². The Balaban J connectivity index is 3.04. The highest BCUT2D eigenvalue weighted by Crippen LogP contribution is 2.31. The number of rotatable bonds is 3. The molecule has 0 bridgehead atoms. The maximum Gasteiger partial charge on any atom is 0.416 e. The lowest BCUT2D eigenvalue weighted by Crippen LogP contribution is -2.32. The van der Waals surface area contributed by atoms with Gasteiger partial charge in [0.2, 0.25) is 0 Å². The van der Waals surface area contributed by atoms with Gasteiger partial charge in [0.25, 0.3) is 5.91 Å². The predicted molar refractivity (Wildman–Crippen MR) is 66.4 cm³/mol. The molecule has 1 aromatic carbocycles. The lowest BCUT2D eigenvalue weighted by Gasteiger charge is -2.14. The summed E-state index contributed by atoms with van der Waals surface area (Å²) in [5, 5.41) is 2.63. The minimum atomic E-state index is -4.45. The summed E-state index contributed by atoms with van der Waals surface area (Å²) in [5.74, 6) is -0.512. The molecule has 1 atom stereocenters. The van der Waals surface area contributed by atoms with Crippen molar-refractivity contribution in [1.29, 1.82) is 0 Å². The molecule has 0 aliphatic carbocycles. The predicted octanol–water partition coefficient (Wildman–Crippen LogP) is 4.00. The zero-order valence-electron chi connectivity index (χ0n) is 9.94. The summed E-state index contributed by atoms with van der Waals surface area (Å²) in [6.07, 6.45) is -3.74. The van der Waals surface area contributed by atoms with Crippen molar-refractivity contribution < 1.29 is 18.0 Å². The van der Waals surface area contributed by atoms with E-state index in [1.54, 1.807) is 6.92 Å². The van der Waals surface area contributed by atoms with Crippen LogP contribution < -0.4 is 5.32 Å². The molecule has 0 fully saturated rings. The van der Waals surface area contributed by atoms with Crippen molar-refractivity contribution in [2.45, 2.75) is 32.5 Å². The minimum absolute atomic E-state index is 0.00914. The van der Waals surface area contributed by atoms with Gasteiger partial charge in [-0.1, -0.05) is 6.92 Å². The summed E-state index contributed by atoms with van der Waals surface area (Å²) in [7, 11) is 0. The van der Waals surface area contributed by atoms with Crippen molar-refractivity contribution >= 4 is 21.8 Å². The van der Waals surface area contributed by atoms with E-state index in [4.69, 9.17) is 0 Å². The molecule has 0 aliphatic rings. The van der Waals surface area contributed by atoms with Crippen LogP contribution in [0.15, 0.2) is 22.7 Å². The number of carbonyl (C=O) groups is 1. The third-order valence-electron chi connectivity index (χ3n) is 2.53. The van der Waals surface area contributed by atoms with Crippen molar-refractivity contribution in [2.24, 2.45) is 0 Å². The number of hydrogen-bond acceptors (Lipinski definition) is 1. The molecule has 1 aromatic rings. The normalized spacial score (nSPS) is 13.2. The van der Waals surface area contributed by atoms with E-state index in [0.29, 0.717) is 10.9 Å². The largest absolute Gasteiger partial charge is 0.416 e. The second kappa shape index (κ2) is 5.73. The Morgan fingerprint density at radius 3 is 2.56 bits per heavy atom. The topological polar surface area (TPSA) is 29.1 Å². The van der Waals surface area contributed by atoms with Crippen LogP contribution in [-0.2, 0) is 6.18 Å². The van der Waals surface area contributed by atoms with E-state index in [9.17, 15) is 18.0 Å². The van der Waals surface area contributed by atoms with Gasteiger partial charge in [0, 0.05) is 10.5 Å². The van der Waals surface area contributed by atoms with Crippen molar-refractivity contribution in [3.05, 3.63) is 33.8 Å². The zero-order valence-corrected chi connectivity index (χ0v) is 11.5. The molecule has 1 N–H and O–H groups in total. The van der Waals surface area contributed by atoms with Crippen LogP contribution in [-0.4, -0.2) is 11.9 Å². The van der Waals surface area contributed by atoms with Crippen LogP contribution in [0.25, 0.3) is 0 Å². The van der Waals surface area contributed by atoms with Crippen molar-refractivity contribution in [1.82, 2.24) is 5.32 Å². The fraction of sp³-hybridized carbons (Fsp3) is 0.417. The van der Waals surface area contributed by atoms with Gasteiger partial charge in [0.1, 0.15) is 0 Å². The highest BCUT2D eigenvalue weighted by Gasteiger charge is 2.31. The van der Waals surface area contributed by atoms with E-state index in [-0.39, 0.29) is 11.6 Å². The fourth-order valence-corrected chi connectivity index (χ4v) is 1.71. The van der Waals surface area contributed by atoms with Crippen LogP contribution in [0.3, 0.4) is 0 Å². The molecule has 0 aromatic heterocycles. The molecule has 0 saturated carbocycles. The third-order valence-corrected chi connectivity index (χ3v) is 3.22. The SMILES string of the molecule is CCC(C)NC(=O)c1cc(C(F)(F)F)ccc1Br. The van der Waals surface area contributed by atoms with Gasteiger partial charge in [-0.2, -0.15) is 13.2 Å². The van der Waals surface area contributed by atoms with Crippen LogP contribution in [0, 0.1) is 0 Å². The van der Waals surface area contributed by atoms with Crippen LogP contribution in [0.5, 0.6) is 0 Å². The summed E-state index contributed by atoms with van der Waals surface area (Å²) in [5.41, 5.74) is -0.842. The molecular formula is C12H13BrF3NO. The Bertz CT molecular complexity index is 445. The second-order valence-corrected chi connectivity index (χ2v) is 4.83. The van der Waals surface area contributed by atoms with E-state index in [2.05, 4.69) is 21.2 Å². The molecule has 1 unspecified atom stereocenters. The summed E-state index contributed by atoms with van der Waals surface area (Å²) in [6.45, 7) is 3.67. The molecule has 0 radical (unpaired) electrons. The van der Waals surface area contributed by atoms with Crippen molar-refractivity contribution in [3.8, 4) is 0 Å². The van der Waals surface area contributed by atoms with Gasteiger partial charge in [0.15, 0.2) is 0 Å². The van der Waals surface area contributed by atoms with E-state index in [1.165, 1.54) is 6.07 Å². The average Bonchev–Trinajstić information content (AvgIpc) is 2.27. The minimum Gasteiger partial charge on any atom is -0.350 e. The van der Waals surface area contributed by atoms with Crippen LogP contribution in [0.1, 0.15) is 36.2 Å². The molecule has 100 valence electrons. The molecular weight excluding hydrogens is 311 g/mol. The first-order valence-electron chi connectivity index (χ1n) is 5.43. The Kier molecular flexibility index (Phi) is 4.78. The maximum absolute atomic E-state index is 12.5. The Morgan fingerprint density at radius 1 is 1.44 bits per heavy atom. The second-order valence-electron chi connectivity index (χ2n) is 3.98. The third kappa shape index (κ3) is 3.73. The number of carbonyl (C=O) groups excluding carboxylic acids is 1. The fourth-order valence-electron chi connectivity index (χ4n) is 1.28. The van der Waals surface area contributed by atoms with E-state index >= 15 is 0 Å². The van der Waals surface area contributed by atoms with E-state index in [1.807, 2.05) is 6.92 Å². The van der Waals surface area contributed by atoms with Crippen LogP contribution >= 0.6 is 15.9 Å². The zero-order chi connectivity index (χ0) is 13.9. The first-order chi connectivity index (χ1) is 8.25. The first kappa shape index (κ1) is 15.0. The smallest absolute Gasteiger partial charge is 0.350 e. The van der Waals surface area contributed by atoms with Crippen molar-refractivity contribution in [3.63, 3.8) is 0 Å². The first-order valence-corrected chi connectivity index (χ1v) is 6.22. The Labute approximate surface area is 112 Å². The summed E-state index contributed by atoms with van der Waals surface area (Å²) in [4.78, 5) is 11.8. The average molecular weight is 324 g/mol. The lowest BCUT2D eigenvalue weighted by atomic mass is 10.1. The summed E-state index contributed by atoms with van der Waals surface area (Å²) in [6, 6.07) is 2.93.